The van der Waals surface area contributed by atoms with Crippen molar-refractivity contribution < 1.29 is 14.3 Å². The van der Waals surface area contributed by atoms with Crippen molar-refractivity contribution in [2.75, 3.05) is 19.5 Å². The third-order valence-electron chi connectivity index (χ3n) is 3.83. The molecular weight excluding hydrogens is 318 g/mol. The topological polar surface area (TPSA) is 83.4 Å². The number of carbonyl (C=O) groups is 1. The molecule has 0 unspecified atom stereocenters. The molecule has 6 nitrogen and oxygen atoms in total. The van der Waals surface area contributed by atoms with Gasteiger partial charge in [0, 0.05) is 0 Å². The van der Waals surface area contributed by atoms with E-state index in [0.29, 0.717) is 22.7 Å². The maximum atomic E-state index is 12.4. The summed E-state index contributed by atoms with van der Waals surface area (Å²) in [6.45, 7) is 3.76. The Morgan fingerprint density at radius 3 is 2.40 bits per heavy atom. The molecule has 0 radical (unpaired) electrons. The Bertz CT molecular complexity index is 810. The van der Waals surface area contributed by atoms with Gasteiger partial charge in [-0.05, 0) is 43.7 Å². The molecule has 0 atom stereocenters. The Kier molecular flexibility index (Phi) is 5.50. The first-order chi connectivity index (χ1) is 11.9. The highest BCUT2D eigenvalue weighted by atomic mass is 16.5. The summed E-state index contributed by atoms with van der Waals surface area (Å²) in [5.74, 6) is 1.21. The second kappa shape index (κ2) is 7.58. The molecule has 0 heterocycles. The number of rotatable bonds is 5. The van der Waals surface area contributed by atoms with E-state index in [9.17, 15) is 4.79 Å². The number of hydrogen-bond donors (Lipinski definition) is 2. The van der Waals surface area contributed by atoms with E-state index >= 15 is 0 Å². The molecular formula is C19H21N3O3. The van der Waals surface area contributed by atoms with E-state index < -0.39 is 11.6 Å². The average Bonchev–Trinajstić information content (AvgIpc) is 2.60. The number of hydrogen-bond acceptors (Lipinski definition) is 4. The van der Waals surface area contributed by atoms with Crippen LogP contribution in [0.25, 0.3) is 0 Å². The summed E-state index contributed by atoms with van der Waals surface area (Å²) in [5, 5.41) is 14.7. The summed E-state index contributed by atoms with van der Waals surface area (Å²) >= 11 is 0. The van der Waals surface area contributed by atoms with Gasteiger partial charge in [0.1, 0.15) is 6.07 Å². The van der Waals surface area contributed by atoms with Crippen LogP contribution in [0.15, 0.2) is 42.5 Å². The molecule has 2 aromatic rings. The van der Waals surface area contributed by atoms with Crippen molar-refractivity contribution in [3.8, 4) is 17.6 Å². The zero-order valence-corrected chi connectivity index (χ0v) is 14.7. The monoisotopic (exact) mass is 339 g/mol. The summed E-state index contributed by atoms with van der Waals surface area (Å²) in [6, 6.07) is 14.0. The number of carbonyl (C=O) groups excluding carboxylic acids is 1. The Balaban J connectivity index is 2.18. The summed E-state index contributed by atoms with van der Waals surface area (Å²) in [4.78, 5) is 12.4. The third kappa shape index (κ3) is 4.21. The number of nitrogens with zero attached hydrogens (tertiary/aromatic N) is 1. The van der Waals surface area contributed by atoms with E-state index in [1.807, 2.05) is 26.0 Å². The van der Waals surface area contributed by atoms with Crippen LogP contribution in [-0.4, -0.2) is 20.3 Å². The van der Waals surface area contributed by atoms with Crippen LogP contribution in [0.1, 0.15) is 25.0 Å². The molecule has 2 N–H and O–H groups in total. The van der Waals surface area contributed by atoms with E-state index in [2.05, 4.69) is 16.7 Å². The second-order valence-electron chi connectivity index (χ2n) is 5.93. The molecule has 0 spiro atoms. The Morgan fingerprint density at radius 1 is 1.08 bits per heavy atom. The van der Waals surface area contributed by atoms with Crippen molar-refractivity contribution in [2.45, 2.75) is 19.4 Å². The molecule has 6 heteroatoms. The number of nitrogens with one attached hydrogen (secondary N) is 2. The molecule has 2 aromatic carbocycles. The first-order valence-electron chi connectivity index (χ1n) is 7.72. The van der Waals surface area contributed by atoms with Crippen LogP contribution in [0, 0.1) is 11.3 Å². The zero-order chi connectivity index (χ0) is 18.4. The SMILES string of the molecule is COc1ccc(C(C)(C)NC(=O)Nc2ccccc2C#N)cc1OC. The summed E-state index contributed by atoms with van der Waals surface area (Å²) in [6.07, 6.45) is 0. The molecule has 130 valence electrons. The van der Waals surface area contributed by atoms with Crippen LogP contribution in [-0.2, 0) is 5.54 Å². The van der Waals surface area contributed by atoms with Gasteiger partial charge in [-0.2, -0.15) is 5.26 Å². The number of benzene rings is 2. The molecule has 0 saturated heterocycles. The largest absolute Gasteiger partial charge is 0.493 e. The molecule has 0 bridgehead atoms. The maximum absolute atomic E-state index is 12.4. The number of ether oxygens (including phenoxy) is 2. The molecule has 0 saturated carbocycles. The van der Waals surface area contributed by atoms with Gasteiger partial charge in [-0.15, -0.1) is 0 Å². The smallest absolute Gasteiger partial charge is 0.319 e. The van der Waals surface area contributed by atoms with Crippen LogP contribution in [0.5, 0.6) is 11.5 Å². The summed E-state index contributed by atoms with van der Waals surface area (Å²) in [5.41, 5.74) is 1.06. The van der Waals surface area contributed by atoms with Crippen molar-refractivity contribution in [1.82, 2.24) is 5.32 Å². The van der Waals surface area contributed by atoms with Crippen molar-refractivity contribution in [2.24, 2.45) is 0 Å². The van der Waals surface area contributed by atoms with Gasteiger partial charge in [-0.25, -0.2) is 4.79 Å². The van der Waals surface area contributed by atoms with Crippen molar-refractivity contribution in [1.29, 1.82) is 5.26 Å². The number of para-hydroxylation sites is 1. The first-order valence-corrected chi connectivity index (χ1v) is 7.72. The Hall–Kier alpha value is -3.20. The van der Waals surface area contributed by atoms with Crippen molar-refractivity contribution in [3.05, 3.63) is 53.6 Å². The maximum Gasteiger partial charge on any atom is 0.319 e. The highest BCUT2D eigenvalue weighted by Gasteiger charge is 2.24. The van der Waals surface area contributed by atoms with Crippen molar-refractivity contribution >= 4 is 11.7 Å². The van der Waals surface area contributed by atoms with Gasteiger partial charge in [0.2, 0.25) is 0 Å². The van der Waals surface area contributed by atoms with Gasteiger partial charge in [0.05, 0.1) is 31.0 Å². The molecule has 25 heavy (non-hydrogen) atoms. The normalized spacial score (nSPS) is 10.5. The van der Waals surface area contributed by atoms with Crippen LogP contribution >= 0.6 is 0 Å². The van der Waals surface area contributed by atoms with Gasteiger partial charge in [-0.1, -0.05) is 18.2 Å². The van der Waals surface area contributed by atoms with Gasteiger partial charge >= 0.3 is 6.03 Å². The van der Waals surface area contributed by atoms with Gasteiger partial charge in [0.25, 0.3) is 0 Å². The van der Waals surface area contributed by atoms with Gasteiger partial charge in [-0.3, -0.25) is 0 Å². The minimum atomic E-state index is -0.661. The van der Waals surface area contributed by atoms with Crippen LogP contribution in [0.4, 0.5) is 10.5 Å². The Morgan fingerprint density at radius 2 is 1.76 bits per heavy atom. The molecule has 0 fully saturated rings. The number of amides is 2. The summed E-state index contributed by atoms with van der Waals surface area (Å²) in [7, 11) is 3.13. The molecule has 0 aromatic heterocycles. The molecule has 2 rings (SSSR count). The quantitative estimate of drug-likeness (QED) is 0.871. The minimum absolute atomic E-state index is 0.400. The fraction of sp³-hybridized carbons (Fsp3) is 0.263. The number of anilines is 1. The van der Waals surface area contributed by atoms with E-state index in [1.165, 1.54) is 0 Å². The van der Waals surface area contributed by atoms with Gasteiger partial charge in [0.15, 0.2) is 11.5 Å². The lowest BCUT2D eigenvalue weighted by Crippen LogP contribution is -2.43. The number of methoxy groups -OCH3 is 2. The third-order valence-corrected chi connectivity index (χ3v) is 3.83. The fourth-order valence-corrected chi connectivity index (χ4v) is 2.42. The zero-order valence-electron chi connectivity index (χ0n) is 14.7. The predicted molar refractivity (Wildman–Crippen MR) is 95.9 cm³/mol. The van der Waals surface area contributed by atoms with Crippen LogP contribution < -0.4 is 20.1 Å². The average molecular weight is 339 g/mol. The lowest BCUT2D eigenvalue weighted by molar-refractivity contribution is 0.241. The van der Waals surface area contributed by atoms with E-state index in [4.69, 9.17) is 14.7 Å². The predicted octanol–water partition coefficient (Wildman–Crippen LogP) is 3.63. The fourth-order valence-electron chi connectivity index (χ4n) is 2.42. The highest BCUT2D eigenvalue weighted by molar-refractivity contribution is 5.91. The number of urea groups is 1. The Labute approximate surface area is 147 Å². The summed E-state index contributed by atoms with van der Waals surface area (Å²) < 4.78 is 10.5. The van der Waals surface area contributed by atoms with E-state index in [-0.39, 0.29) is 0 Å². The highest BCUT2D eigenvalue weighted by Crippen LogP contribution is 2.32. The minimum Gasteiger partial charge on any atom is -0.493 e. The number of nitriles is 1. The molecule has 0 aliphatic heterocycles. The van der Waals surface area contributed by atoms with E-state index in [1.54, 1.807) is 44.6 Å². The van der Waals surface area contributed by atoms with Gasteiger partial charge < -0.3 is 20.1 Å². The molecule has 0 aliphatic carbocycles. The second-order valence-corrected chi connectivity index (χ2v) is 5.93. The standard InChI is InChI=1S/C19H21N3O3/c1-19(2,14-9-10-16(24-3)17(11-14)25-4)22-18(23)21-15-8-6-5-7-13(15)12-20/h5-11H,1-4H3,(H2,21,22,23). The lowest BCUT2D eigenvalue weighted by atomic mass is 9.94. The first kappa shape index (κ1) is 18.1. The van der Waals surface area contributed by atoms with Crippen LogP contribution in [0.3, 0.4) is 0 Å². The lowest BCUT2D eigenvalue weighted by Gasteiger charge is -2.28. The molecule has 2 amide bonds. The van der Waals surface area contributed by atoms with Crippen molar-refractivity contribution in [3.63, 3.8) is 0 Å². The molecule has 0 aliphatic rings. The van der Waals surface area contributed by atoms with Crippen LogP contribution in [0.2, 0.25) is 0 Å². The van der Waals surface area contributed by atoms with E-state index in [0.717, 1.165) is 5.56 Å².